The van der Waals surface area contributed by atoms with Gasteiger partial charge in [-0.2, -0.15) is 0 Å². The molecule has 0 aromatic rings. The number of nitrogens with one attached hydrogen (secondary N) is 1. The van der Waals surface area contributed by atoms with E-state index in [-0.39, 0.29) is 6.10 Å². The third kappa shape index (κ3) is 4.98. The lowest BCUT2D eigenvalue weighted by atomic mass is 10.0. The van der Waals surface area contributed by atoms with E-state index in [1.807, 2.05) is 0 Å². The van der Waals surface area contributed by atoms with E-state index in [0.29, 0.717) is 24.9 Å². The van der Waals surface area contributed by atoms with Crippen LogP contribution in [0.5, 0.6) is 0 Å². The van der Waals surface area contributed by atoms with Gasteiger partial charge in [0.2, 0.25) is 0 Å². The second-order valence-corrected chi connectivity index (χ2v) is 4.63. The van der Waals surface area contributed by atoms with E-state index < -0.39 is 0 Å². The minimum Gasteiger partial charge on any atom is -0.375 e. The third-order valence-electron chi connectivity index (χ3n) is 2.74. The van der Waals surface area contributed by atoms with Gasteiger partial charge < -0.3 is 14.8 Å². The average Bonchev–Trinajstić information content (AvgIpc) is 2.16. The van der Waals surface area contributed by atoms with Crippen LogP contribution in [0.3, 0.4) is 0 Å². The van der Waals surface area contributed by atoms with Crippen LogP contribution in [0, 0.1) is 12.3 Å². The van der Waals surface area contributed by atoms with E-state index in [1.165, 1.54) is 0 Å². The lowest BCUT2D eigenvalue weighted by Gasteiger charge is -2.33. The molecular formula is C13H23NO2. The minimum atomic E-state index is 0.204. The fourth-order valence-corrected chi connectivity index (χ4v) is 2.18. The Morgan fingerprint density at radius 3 is 2.62 bits per heavy atom. The minimum absolute atomic E-state index is 0.204. The molecule has 92 valence electrons. The van der Waals surface area contributed by atoms with Crippen LogP contribution in [0.2, 0.25) is 0 Å². The standard InChI is InChI=1S/C13H23NO2/c1-5-6-14-9-12(4)16-13-7-10(2)15-11(3)8-13/h1,10-14H,6-9H2,2-4H3. The zero-order chi connectivity index (χ0) is 12.0. The molecule has 3 heteroatoms. The predicted molar refractivity (Wildman–Crippen MR) is 65.3 cm³/mol. The maximum Gasteiger partial charge on any atom is 0.0675 e. The van der Waals surface area contributed by atoms with E-state index in [0.717, 1.165) is 19.4 Å². The van der Waals surface area contributed by atoms with Crippen LogP contribution in [0.4, 0.5) is 0 Å². The van der Waals surface area contributed by atoms with Gasteiger partial charge in [0.05, 0.1) is 31.0 Å². The van der Waals surface area contributed by atoms with Crippen molar-refractivity contribution < 1.29 is 9.47 Å². The van der Waals surface area contributed by atoms with Gasteiger partial charge >= 0.3 is 0 Å². The summed E-state index contributed by atoms with van der Waals surface area (Å²) in [5, 5.41) is 3.15. The van der Waals surface area contributed by atoms with E-state index in [4.69, 9.17) is 15.9 Å². The van der Waals surface area contributed by atoms with E-state index in [1.54, 1.807) is 0 Å². The van der Waals surface area contributed by atoms with Crippen molar-refractivity contribution in [2.45, 2.75) is 58.0 Å². The summed E-state index contributed by atoms with van der Waals surface area (Å²) >= 11 is 0. The largest absolute Gasteiger partial charge is 0.375 e. The Kier molecular flexibility index (Phi) is 5.83. The van der Waals surface area contributed by atoms with Gasteiger partial charge in [0.15, 0.2) is 0 Å². The van der Waals surface area contributed by atoms with Crippen molar-refractivity contribution in [3.63, 3.8) is 0 Å². The molecule has 1 aliphatic rings. The summed E-state index contributed by atoms with van der Waals surface area (Å²) in [6.07, 6.45) is 8.28. The molecule has 1 fully saturated rings. The predicted octanol–water partition coefficient (Wildman–Crippen LogP) is 1.57. The quantitative estimate of drug-likeness (QED) is 0.569. The van der Waals surface area contributed by atoms with E-state index in [9.17, 15) is 0 Å². The summed E-state index contributed by atoms with van der Waals surface area (Å²) in [4.78, 5) is 0. The van der Waals surface area contributed by atoms with Crippen LogP contribution in [-0.4, -0.2) is 37.5 Å². The summed E-state index contributed by atoms with van der Waals surface area (Å²) in [6, 6.07) is 0. The smallest absolute Gasteiger partial charge is 0.0675 e. The zero-order valence-electron chi connectivity index (χ0n) is 10.5. The average molecular weight is 225 g/mol. The molecule has 16 heavy (non-hydrogen) atoms. The van der Waals surface area contributed by atoms with Crippen molar-refractivity contribution in [2.24, 2.45) is 0 Å². The number of rotatable bonds is 5. The van der Waals surface area contributed by atoms with Crippen molar-refractivity contribution in [3.05, 3.63) is 0 Å². The van der Waals surface area contributed by atoms with Crippen molar-refractivity contribution in [1.29, 1.82) is 0 Å². The van der Waals surface area contributed by atoms with E-state index >= 15 is 0 Å². The monoisotopic (exact) mass is 225 g/mol. The molecule has 0 saturated carbocycles. The Hall–Kier alpha value is -0.560. The molecule has 0 aromatic heterocycles. The highest BCUT2D eigenvalue weighted by Gasteiger charge is 2.26. The lowest BCUT2D eigenvalue weighted by Crippen LogP contribution is -2.38. The molecule has 0 radical (unpaired) electrons. The van der Waals surface area contributed by atoms with Crippen LogP contribution in [-0.2, 0) is 9.47 Å². The first-order valence-electron chi connectivity index (χ1n) is 6.07. The fourth-order valence-electron chi connectivity index (χ4n) is 2.18. The fraction of sp³-hybridized carbons (Fsp3) is 0.846. The van der Waals surface area contributed by atoms with Gasteiger partial charge in [-0.15, -0.1) is 6.42 Å². The molecule has 0 aromatic carbocycles. The van der Waals surface area contributed by atoms with Gasteiger partial charge in [-0.1, -0.05) is 5.92 Å². The van der Waals surface area contributed by atoms with Crippen LogP contribution >= 0.6 is 0 Å². The van der Waals surface area contributed by atoms with E-state index in [2.05, 4.69) is 32.0 Å². The Morgan fingerprint density at radius 2 is 2.06 bits per heavy atom. The number of ether oxygens (including phenoxy) is 2. The molecule has 3 nitrogen and oxygen atoms in total. The number of terminal acetylenes is 1. The molecular weight excluding hydrogens is 202 g/mol. The maximum atomic E-state index is 5.97. The summed E-state index contributed by atoms with van der Waals surface area (Å²) in [5.74, 6) is 2.55. The van der Waals surface area contributed by atoms with Crippen LogP contribution in [0.25, 0.3) is 0 Å². The SMILES string of the molecule is C#CCNCC(C)OC1CC(C)OC(C)C1. The Bertz CT molecular complexity index is 227. The van der Waals surface area contributed by atoms with Crippen molar-refractivity contribution >= 4 is 0 Å². The molecule has 1 heterocycles. The normalized spacial score (nSPS) is 32.0. The van der Waals surface area contributed by atoms with Gasteiger partial charge in [-0.25, -0.2) is 0 Å². The number of hydrogen-bond acceptors (Lipinski definition) is 3. The van der Waals surface area contributed by atoms with Crippen LogP contribution < -0.4 is 5.32 Å². The molecule has 0 bridgehead atoms. The Balaban J connectivity index is 2.22. The van der Waals surface area contributed by atoms with Gasteiger partial charge in [0, 0.05) is 6.54 Å². The van der Waals surface area contributed by atoms with Gasteiger partial charge in [0.1, 0.15) is 0 Å². The Morgan fingerprint density at radius 1 is 1.44 bits per heavy atom. The number of hydrogen-bond donors (Lipinski definition) is 1. The van der Waals surface area contributed by atoms with Crippen LogP contribution in [0.1, 0.15) is 33.6 Å². The highest BCUT2D eigenvalue weighted by atomic mass is 16.5. The van der Waals surface area contributed by atoms with Crippen LogP contribution in [0.15, 0.2) is 0 Å². The summed E-state index contributed by atoms with van der Waals surface area (Å²) in [6.45, 7) is 7.70. The van der Waals surface area contributed by atoms with Gasteiger partial charge in [-0.05, 0) is 33.6 Å². The molecule has 0 spiro atoms. The molecule has 0 amide bonds. The van der Waals surface area contributed by atoms with Crippen molar-refractivity contribution in [3.8, 4) is 12.3 Å². The Labute approximate surface area is 98.9 Å². The first kappa shape index (κ1) is 13.5. The molecule has 0 aliphatic carbocycles. The highest BCUT2D eigenvalue weighted by Crippen LogP contribution is 2.22. The molecule has 3 atom stereocenters. The van der Waals surface area contributed by atoms with Gasteiger partial charge in [0.25, 0.3) is 0 Å². The zero-order valence-corrected chi connectivity index (χ0v) is 10.5. The second-order valence-electron chi connectivity index (χ2n) is 4.63. The summed E-state index contributed by atoms with van der Waals surface area (Å²) in [7, 11) is 0. The molecule has 1 N–H and O–H groups in total. The molecule has 1 rings (SSSR count). The first-order chi connectivity index (χ1) is 7.61. The second kappa shape index (κ2) is 6.90. The summed E-state index contributed by atoms with van der Waals surface area (Å²) in [5.41, 5.74) is 0. The first-order valence-corrected chi connectivity index (χ1v) is 6.07. The topological polar surface area (TPSA) is 30.5 Å². The highest BCUT2D eigenvalue weighted by molar-refractivity contribution is 4.86. The molecule has 1 aliphatic heterocycles. The third-order valence-corrected chi connectivity index (χ3v) is 2.74. The molecule has 1 saturated heterocycles. The maximum absolute atomic E-state index is 5.97. The molecule has 3 unspecified atom stereocenters. The van der Waals surface area contributed by atoms with Crippen molar-refractivity contribution in [2.75, 3.05) is 13.1 Å². The van der Waals surface area contributed by atoms with Gasteiger partial charge in [-0.3, -0.25) is 0 Å². The lowest BCUT2D eigenvalue weighted by molar-refractivity contribution is -0.117. The summed E-state index contributed by atoms with van der Waals surface area (Å²) < 4.78 is 11.6. The van der Waals surface area contributed by atoms with Crippen molar-refractivity contribution in [1.82, 2.24) is 5.32 Å².